The quantitative estimate of drug-likeness (QED) is 0.786. The lowest BCUT2D eigenvalue weighted by atomic mass is 10.0. The molecule has 0 amide bonds. The van der Waals surface area contributed by atoms with Gasteiger partial charge in [0.1, 0.15) is 0 Å². The molecular weight excluding hydrogens is 338 g/mol. The molecule has 132 valence electrons. The molecule has 1 atom stereocenters. The average molecular weight is 359 g/mol. The predicted octanol–water partition coefficient (Wildman–Crippen LogP) is 3.31. The summed E-state index contributed by atoms with van der Waals surface area (Å²) in [6.07, 6.45) is 1.64. The molecule has 0 unspecified atom stereocenters. The van der Waals surface area contributed by atoms with Crippen molar-refractivity contribution in [3.63, 3.8) is 0 Å². The minimum Gasteiger partial charge on any atom is -0.465 e. The van der Waals surface area contributed by atoms with Gasteiger partial charge >= 0.3 is 5.97 Å². The first kappa shape index (κ1) is 17.6. The molecule has 0 bridgehead atoms. The highest BCUT2D eigenvalue weighted by Gasteiger charge is 2.36. The Morgan fingerprint density at radius 2 is 1.72 bits per heavy atom. The highest BCUT2D eigenvalue weighted by molar-refractivity contribution is 7.89. The number of ether oxygens (including phenoxy) is 1. The van der Waals surface area contributed by atoms with Crippen molar-refractivity contribution in [2.24, 2.45) is 0 Å². The van der Waals surface area contributed by atoms with Crippen LogP contribution in [-0.4, -0.2) is 32.3 Å². The van der Waals surface area contributed by atoms with Gasteiger partial charge in [-0.1, -0.05) is 29.8 Å². The van der Waals surface area contributed by atoms with E-state index in [-0.39, 0.29) is 10.9 Å². The van der Waals surface area contributed by atoms with Crippen molar-refractivity contribution >= 4 is 16.0 Å². The highest BCUT2D eigenvalue weighted by Crippen LogP contribution is 2.36. The van der Waals surface area contributed by atoms with Crippen LogP contribution in [0.15, 0.2) is 53.4 Å². The van der Waals surface area contributed by atoms with Crippen molar-refractivity contribution in [3.05, 3.63) is 65.2 Å². The molecule has 1 aliphatic heterocycles. The van der Waals surface area contributed by atoms with Gasteiger partial charge in [-0.05, 0) is 49.6 Å². The number of hydrogen-bond donors (Lipinski definition) is 0. The number of aryl methyl sites for hydroxylation is 1. The molecule has 2 aromatic rings. The summed E-state index contributed by atoms with van der Waals surface area (Å²) in [5.41, 5.74) is 2.49. The van der Waals surface area contributed by atoms with Crippen LogP contribution in [0.5, 0.6) is 0 Å². The van der Waals surface area contributed by atoms with E-state index in [9.17, 15) is 13.2 Å². The number of nitrogens with zero attached hydrogens (tertiary/aromatic N) is 1. The number of carbonyl (C=O) groups is 1. The Balaban J connectivity index is 1.90. The Labute approximate surface area is 148 Å². The summed E-state index contributed by atoms with van der Waals surface area (Å²) in [6.45, 7) is 2.51. The minimum atomic E-state index is -3.61. The first-order valence-electron chi connectivity index (χ1n) is 8.20. The third kappa shape index (κ3) is 3.45. The molecule has 25 heavy (non-hydrogen) atoms. The van der Waals surface area contributed by atoms with Crippen LogP contribution in [0.3, 0.4) is 0 Å². The van der Waals surface area contributed by atoms with Crippen LogP contribution < -0.4 is 0 Å². The maximum absolute atomic E-state index is 13.0. The molecule has 1 fully saturated rings. The number of sulfonamides is 1. The smallest absolute Gasteiger partial charge is 0.337 e. The van der Waals surface area contributed by atoms with Crippen LogP contribution in [0.1, 0.15) is 40.4 Å². The predicted molar refractivity (Wildman–Crippen MR) is 94.8 cm³/mol. The number of carbonyl (C=O) groups excluding carboxylic acids is 1. The molecule has 0 saturated carbocycles. The van der Waals surface area contributed by atoms with Crippen molar-refractivity contribution in [3.8, 4) is 0 Å². The van der Waals surface area contributed by atoms with Crippen molar-refractivity contribution in [1.82, 2.24) is 4.31 Å². The Kier molecular flexibility index (Phi) is 4.92. The molecular formula is C19H21NO4S. The van der Waals surface area contributed by atoms with Gasteiger partial charge in [-0.15, -0.1) is 0 Å². The van der Waals surface area contributed by atoms with Gasteiger partial charge in [-0.3, -0.25) is 0 Å². The lowest BCUT2D eigenvalue weighted by Crippen LogP contribution is -2.30. The highest BCUT2D eigenvalue weighted by atomic mass is 32.2. The van der Waals surface area contributed by atoms with Gasteiger partial charge in [0.05, 0.1) is 23.6 Å². The largest absolute Gasteiger partial charge is 0.465 e. The van der Waals surface area contributed by atoms with Crippen LogP contribution in [0.25, 0.3) is 0 Å². The first-order chi connectivity index (χ1) is 11.9. The van der Waals surface area contributed by atoms with Crippen LogP contribution in [0.2, 0.25) is 0 Å². The van der Waals surface area contributed by atoms with E-state index in [1.54, 1.807) is 4.31 Å². The van der Waals surface area contributed by atoms with E-state index in [1.807, 2.05) is 31.2 Å². The minimum absolute atomic E-state index is 0.147. The molecule has 1 saturated heterocycles. The fraction of sp³-hybridized carbons (Fsp3) is 0.316. The fourth-order valence-corrected chi connectivity index (χ4v) is 4.85. The Morgan fingerprint density at radius 1 is 1.08 bits per heavy atom. The molecule has 0 N–H and O–H groups in total. The zero-order valence-corrected chi connectivity index (χ0v) is 15.1. The molecule has 3 rings (SSSR count). The normalized spacial score (nSPS) is 18.2. The van der Waals surface area contributed by atoms with E-state index in [0.29, 0.717) is 12.1 Å². The Bertz CT molecular complexity index is 857. The topological polar surface area (TPSA) is 63.7 Å². The molecule has 6 heteroatoms. The molecule has 0 aromatic heterocycles. The maximum Gasteiger partial charge on any atom is 0.337 e. The maximum atomic E-state index is 13.0. The van der Waals surface area contributed by atoms with Crippen molar-refractivity contribution in [2.75, 3.05) is 13.7 Å². The summed E-state index contributed by atoms with van der Waals surface area (Å²) in [5.74, 6) is -0.484. The van der Waals surface area contributed by atoms with Gasteiger partial charge < -0.3 is 4.74 Å². The number of methoxy groups -OCH3 is 1. The van der Waals surface area contributed by atoms with Crippen LogP contribution >= 0.6 is 0 Å². The Hall–Kier alpha value is -2.18. The lowest BCUT2D eigenvalue weighted by Gasteiger charge is -2.24. The molecule has 0 radical (unpaired) electrons. The third-order valence-corrected chi connectivity index (χ3v) is 6.47. The summed E-state index contributed by atoms with van der Waals surface area (Å²) in [4.78, 5) is 11.7. The average Bonchev–Trinajstić information content (AvgIpc) is 3.12. The fourth-order valence-electron chi connectivity index (χ4n) is 3.17. The van der Waals surface area contributed by atoms with Crippen molar-refractivity contribution in [2.45, 2.75) is 30.7 Å². The number of esters is 1. The van der Waals surface area contributed by atoms with Crippen LogP contribution in [0.4, 0.5) is 0 Å². The number of rotatable bonds is 4. The van der Waals surface area contributed by atoms with Crippen LogP contribution in [-0.2, 0) is 14.8 Å². The standard InChI is InChI=1S/C19H21NO4S/c1-14-5-7-15(8-6-14)18-4-3-13-20(18)25(22,23)17-11-9-16(10-12-17)19(21)24-2/h5-12,18H,3-4,13H2,1-2H3/t18-/m1/s1. The monoisotopic (exact) mass is 359 g/mol. The SMILES string of the molecule is COC(=O)c1ccc(S(=O)(=O)N2CCC[C@@H]2c2ccc(C)cc2)cc1. The molecule has 1 aliphatic rings. The van der Waals surface area contributed by atoms with Crippen molar-refractivity contribution in [1.29, 1.82) is 0 Å². The van der Waals surface area contributed by atoms with E-state index in [0.717, 1.165) is 24.0 Å². The molecule has 0 spiro atoms. The van der Waals surface area contributed by atoms with Crippen LogP contribution in [0, 0.1) is 6.92 Å². The van der Waals surface area contributed by atoms with E-state index in [4.69, 9.17) is 0 Å². The summed E-state index contributed by atoms with van der Waals surface area (Å²) < 4.78 is 32.3. The summed E-state index contributed by atoms with van der Waals surface area (Å²) in [6, 6.07) is 13.7. The van der Waals surface area contributed by atoms with Crippen molar-refractivity contribution < 1.29 is 17.9 Å². The van der Waals surface area contributed by atoms with Gasteiger partial charge in [0, 0.05) is 6.54 Å². The van der Waals surface area contributed by atoms with E-state index < -0.39 is 16.0 Å². The zero-order chi connectivity index (χ0) is 18.0. The second-order valence-electron chi connectivity index (χ2n) is 6.20. The first-order valence-corrected chi connectivity index (χ1v) is 9.64. The third-order valence-electron chi connectivity index (χ3n) is 4.55. The summed E-state index contributed by atoms with van der Waals surface area (Å²) >= 11 is 0. The second-order valence-corrected chi connectivity index (χ2v) is 8.09. The molecule has 5 nitrogen and oxygen atoms in total. The van der Waals surface area contributed by atoms with Gasteiger partial charge in [0.2, 0.25) is 10.0 Å². The summed E-state index contributed by atoms with van der Waals surface area (Å²) in [7, 11) is -2.32. The number of hydrogen-bond acceptors (Lipinski definition) is 4. The van der Waals surface area contributed by atoms with Gasteiger partial charge in [0.25, 0.3) is 0 Å². The van der Waals surface area contributed by atoms with E-state index >= 15 is 0 Å². The van der Waals surface area contributed by atoms with Gasteiger partial charge in [0.15, 0.2) is 0 Å². The van der Waals surface area contributed by atoms with E-state index in [1.165, 1.54) is 31.4 Å². The molecule has 2 aromatic carbocycles. The molecule has 1 heterocycles. The number of benzene rings is 2. The lowest BCUT2D eigenvalue weighted by molar-refractivity contribution is 0.0600. The van der Waals surface area contributed by atoms with E-state index in [2.05, 4.69) is 4.74 Å². The Morgan fingerprint density at radius 3 is 2.32 bits per heavy atom. The van der Waals surface area contributed by atoms with Gasteiger partial charge in [-0.2, -0.15) is 4.31 Å². The zero-order valence-electron chi connectivity index (χ0n) is 14.3. The molecule has 0 aliphatic carbocycles. The van der Waals surface area contributed by atoms with Gasteiger partial charge in [-0.25, -0.2) is 13.2 Å². The summed E-state index contributed by atoms with van der Waals surface area (Å²) in [5, 5.41) is 0. The second kappa shape index (κ2) is 6.98.